The van der Waals surface area contributed by atoms with E-state index in [1.54, 1.807) is 0 Å². The van der Waals surface area contributed by atoms with Gasteiger partial charge in [0, 0.05) is 6.92 Å². The van der Waals surface area contributed by atoms with Gasteiger partial charge in [0.2, 0.25) is 0 Å². The lowest BCUT2D eigenvalue weighted by Gasteiger charge is -2.49. The van der Waals surface area contributed by atoms with E-state index in [2.05, 4.69) is 0 Å². The maximum absolute atomic E-state index is 12.0. The van der Waals surface area contributed by atoms with Gasteiger partial charge in [-0.1, -0.05) is 0 Å². The number of aliphatic hydroxyl groups is 11. The normalized spacial score (nSPS) is 51.9. The molecule has 0 bridgehead atoms. The predicted molar refractivity (Wildman–Crippen MR) is 141 cm³/mol. The van der Waals surface area contributed by atoms with Crippen LogP contribution in [0.15, 0.2) is 0 Å². The van der Waals surface area contributed by atoms with E-state index in [4.69, 9.17) is 37.9 Å². The molecule has 0 aromatic heterocycles. The van der Waals surface area contributed by atoms with Gasteiger partial charge < -0.3 is 94.1 Å². The molecule has 4 saturated heterocycles. The molecule has 0 radical (unpaired) electrons. The van der Waals surface area contributed by atoms with Gasteiger partial charge in [-0.25, -0.2) is 0 Å². The van der Waals surface area contributed by atoms with Crippen LogP contribution in [0.1, 0.15) is 20.8 Å². The number of aliphatic hydroxyl groups excluding tert-OH is 11. The summed E-state index contributed by atoms with van der Waals surface area (Å²) in [6.07, 6.45) is -33.1. The van der Waals surface area contributed by atoms with Crippen molar-refractivity contribution in [3.63, 3.8) is 0 Å². The first-order valence-electron chi connectivity index (χ1n) is 14.7. The van der Waals surface area contributed by atoms with Crippen LogP contribution in [0, 0.1) is 0 Å². The summed E-state index contributed by atoms with van der Waals surface area (Å²) in [6, 6.07) is 0. The van der Waals surface area contributed by atoms with Crippen LogP contribution in [0.25, 0.3) is 0 Å². The molecule has 0 aliphatic carbocycles. The van der Waals surface area contributed by atoms with E-state index in [9.17, 15) is 61.0 Å². The maximum Gasteiger partial charge on any atom is 0.303 e. The highest BCUT2D eigenvalue weighted by Crippen LogP contribution is 2.35. The Kier molecular flexibility index (Phi) is 12.7. The lowest BCUT2D eigenvalue weighted by molar-refractivity contribution is -0.393. The van der Waals surface area contributed by atoms with Gasteiger partial charge in [-0.3, -0.25) is 4.79 Å². The fourth-order valence-electron chi connectivity index (χ4n) is 5.74. The molecule has 20 nitrogen and oxygen atoms in total. The molecule has 4 fully saturated rings. The van der Waals surface area contributed by atoms with Gasteiger partial charge >= 0.3 is 5.97 Å². The van der Waals surface area contributed by atoms with Gasteiger partial charge in [0.1, 0.15) is 79.4 Å². The van der Waals surface area contributed by atoms with Crippen molar-refractivity contribution in [1.29, 1.82) is 0 Å². The SMILES string of the molecule is CC(=O)O[C@@H]1[C@H](O[C@@H]2O[C@H](CO)[C@@H](O)[C@H](O)[C@H]2O)[C@@H](O[C@@H]2O[C@@H](C)[C@H](O)[C@@H](O[C@@H]3O[C@H](CO)[C@@H](O)[C@H](O)[C@H]3O)[C@H]2O)[C@H](O)O[C@@H]1C. The summed E-state index contributed by atoms with van der Waals surface area (Å²) in [5.74, 6) is -0.823. The Labute approximate surface area is 262 Å². The fraction of sp³-hybridized carbons (Fsp3) is 0.962. The van der Waals surface area contributed by atoms with E-state index >= 15 is 0 Å². The van der Waals surface area contributed by atoms with E-state index in [1.165, 1.54) is 13.8 Å². The van der Waals surface area contributed by atoms with Crippen LogP contribution in [0.5, 0.6) is 0 Å². The Bertz CT molecular complexity index is 987. The van der Waals surface area contributed by atoms with Gasteiger partial charge in [-0.15, -0.1) is 0 Å². The van der Waals surface area contributed by atoms with Gasteiger partial charge in [0.15, 0.2) is 31.3 Å². The van der Waals surface area contributed by atoms with Gasteiger partial charge in [-0.2, -0.15) is 0 Å². The third kappa shape index (κ3) is 7.64. The Hall–Kier alpha value is -1.25. The molecule has 0 amide bonds. The molecule has 0 aromatic rings. The minimum absolute atomic E-state index is 0.775. The highest BCUT2D eigenvalue weighted by molar-refractivity contribution is 5.66. The van der Waals surface area contributed by atoms with Crippen LogP contribution in [0.3, 0.4) is 0 Å². The van der Waals surface area contributed by atoms with E-state index in [-0.39, 0.29) is 0 Å². The van der Waals surface area contributed by atoms with Crippen molar-refractivity contribution in [1.82, 2.24) is 0 Å². The summed E-state index contributed by atoms with van der Waals surface area (Å²) in [5, 5.41) is 114. The lowest BCUT2D eigenvalue weighted by Crippen LogP contribution is -2.67. The standard InChI is InChI=1S/C26H44O20/c1-6-11(30)20(44-24-16(35)14(33)12(31)9(4-27)42-24)18(37)26(40-6)46-22-21(19(41-8(3)29)7(2)39-23(22)38)45-25-17(36)15(34)13(32)10(5-28)43-25/h6-7,9-28,30-38H,4-5H2,1-3H3/t6-,7+,9+,10+,11-,12+,13+,14-,15-,16+,17+,18+,19-,20+,21-,22+,23+,24-,25-,26-/m0/s1. The van der Waals surface area contributed by atoms with Crippen LogP contribution >= 0.6 is 0 Å². The van der Waals surface area contributed by atoms with Crippen molar-refractivity contribution >= 4 is 5.97 Å². The van der Waals surface area contributed by atoms with Crippen LogP contribution in [-0.4, -0.2) is 198 Å². The second-order valence-corrected chi connectivity index (χ2v) is 11.7. The summed E-state index contributed by atoms with van der Waals surface area (Å²) in [6.45, 7) is 2.27. The molecule has 0 spiro atoms. The van der Waals surface area contributed by atoms with Gasteiger partial charge in [0.05, 0.1) is 25.4 Å². The number of hydrogen-bond donors (Lipinski definition) is 11. The molecule has 4 aliphatic rings. The number of esters is 1. The smallest absolute Gasteiger partial charge is 0.303 e. The predicted octanol–water partition coefficient (Wildman–Crippen LogP) is -7.12. The van der Waals surface area contributed by atoms with E-state index in [1.807, 2.05) is 0 Å². The molecule has 20 atom stereocenters. The number of carbonyl (C=O) groups is 1. The van der Waals surface area contributed by atoms with E-state index in [0.29, 0.717) is 0 Å². The topological polar surface area (TPSA) is 313 Å². The monoisotopic (exact) mass is 676 g/mol. The van der Waals surface area contributed by atoms with Crippen molar-refractivity contribution in [3.05, 3.63) is 0 Å². The fourth-order valence-corrected chi connectivity index (χ4v) is 5.74. The molecular weight excluding hydrogens is 632 g/mol. The number of ether oxygens (including phenoxy) is 8. The summed E-state index contributed by atoms with van der Waals surface area (Å²) in [7, 11) is 0. The molecular formula is C26H44O20. The highest BCUT2D eigenvalue weighted by atomic mass is 16.8. The maximum atomic E-state index is 12.0. The first-order valence-corrected chi connectivity index (χ1v) is 14.7. The van der Waals surface area contributed by atoms with E-state index in [0.717, 1.165) is 6.92 Å². The molecule has 4 aliphatic heterocycles. The minimum atomic E-state index is -1.94. The zero-order valence-corrected chi connectivity index (χ0v) is 25.1. The van der Waals surface area contributed by atoms with Gasteiger partial charge in [-0.05, 0) is 13.8 Å². The Morgan fingerprint density at radius 3 is 1.46 bits per heavy atom. The summed E-state index contributed by atoms with van der Waals surface area (Å²) >= 11 is 0. The van der Waals surface area contributed by atoms with Crippen LogP contribution < -0.4 is 0 Å². The molecule has 11 N–H and O–H groups in total. The summed E-state index contributed by atoms with van der Waals surface area (Å²) in [5.41, 5.74) is 0. The number of hydrogen-bond acceptors (Lipinski definition) is 20. The molecule has 0 aromatic carbocycles. The molecule has 268 valence electrons. The van der Waals surface area contributed by atoms with Crippen molar-refractivity contribution in [2.45, 2.75) is 144 Å². The molecule has 20 heteroatoms. The molecule has 46 heavy (non-hydrogen) atoms. The minimum Gasteiger partial charge on any atom is -0.457 e. The third-order valence-electron chi connectivity index (χ3n) is 8.40. The van der Waals surface area contributed by atoms with Crippen molar-refractivity contribution in [2.75, 3.05) is 13.2 Å². The van der Waals surface area contributed by atoms with E-state index < -0.39 is 142 Å². The number of rotatable bonds is 9. The largest absolute Gasteiger partial charge is 0.457 e. The first kappa shape index (κ1) is 37.6. The highest BCUT2D eigenvalue weighted by Gasteiger charge is 2.55. The van der Waals surface area contributed by atoms with Crippen molar-refractivity contribution < 1.29 is 98.9 Å². The van der Waals surface area contributed by atoms with Crippen LogP contribution in [-0.2, 0) is 42.7 Å². The second kappa shape index (κ2) is 15.5. The van der Waals surface area contributed by atoms with Crippen LogP contribution in [0.2, 0.25) is 0 Å². The van der Waals surface area contributed by atoms with Gasteiger partial charge in [0.25, 0.3) is 0 Å². The lowest BCUT2D eigenvalue weighted by atomic mass is 9.96. The average Bonchev–Trinajstić information content (AvgIpc) is 3.01. The molecule has 4 heterocycles. The van der Waals surface area contributed by atoms with Crippen molar-refractivity contribution in [3.8, 4) is 0 Å². The molecule has 0 unspecified atom stereocenters. The Balaban J connectivity index is 1.58. The number of carbonyl (C=O) groups excluding carboxylic acids is 1. The Morgan fingerprint density at radius 1 is 0.522 bits per heavy atom. The Morgan fingerprint density at radius 2 is 0.978 bits per heavy atom. The summed E-state index contributed by atoms with van der Waals surface area (Å²) < 4.78 is 44.5. The molecule has 4 rings (SSSR count). The van der Waals surface area contributed by atoms with Crippen molar-refractivity contribution in [2.24, 2.45) is 0 Å². The quantitative estimate of drug-likeness (QED) is 0.101. The second-order valence-electron chi connectivity index (χ2n) is 11.7. The zero-order valence-electron chi connectivity index (χ0n) is 25.1. The zero-order chi connectivity index (χ0) is 34.2. The molecule has 0 saturated carbocycles. The third-order valence-corrected chi connectivity index (χ3v) is 8.40. The first-order chi connectivity index (χ1) is 21.6. The summed E-state index contributed by atoms with van der Waals surface area (Å²) in [4.78, 5) is 12.0. The van der Waals surface area contributed by atoms with Crippen LogP contribution in [0.4, 0.5) is 0 Å². The average molecular weight is 677 g/mol.